The maximum atomic E-state index is 2.69. The van der Waals surface area contributed by atoms with E-state index in [4.69, 9.17) is 0 Å². The van der Waals surface area contributed by atoms with Gasteiger partial charge in [0.1, 0.15) is 0 Å². The summed E-state index contributed by atoms with van der Waals surface area (Å²) in [6.45, 7) is 0.334. The Balaban J connectivity index is 1.37. The average Bonchev–Trinajstić information content (AvgIpc) is 3.67. The molecule has 0 bridgehead atoms. The molecule has 7 heteroatoms. The van der Waals surface area contributed by atoms with Crippen LogP contribution in [-0.4, -0.2) is 22.7 Å². The Hall–Kier alpha value is -4.48. The smallest absolute Gasteiger partial charge is 0.363 e. The predicted octanol–water partition coefficient (Wildman–Crippen LogP) is 3.92. The van der Waals surface area contributed by atoms with E-state index in [1.165, 1.54) is 77.2 Å². The lowest BCUT2D eigenvalue weighted by atomic mass is 9.31. The van der Waals surface area contributed by atoms with Gasteiger partial charge in [-0.15, -0.1) is 0 Å². The second-order valence-electron chi connectivity index (χ2n) is 11.0. The summed E-state index contributed by atoms with van der Waals surface area (Å²) in [4.78, 5) is 7.94. The number of rotatable bonds is 1. The molecule has 6 aromatic rings. The van der Waals surface area contributed by atoms with Crippen molar-refractivity contribution < 1.29 is 0 Å². The van der Waals surface area contributed by atoms with Crippen molar-refractivity contribution in [3.63, 3.8) is 0 Å². The molecule has 5 aliphatic rings. The van der Waals surface area contributed by atoms with E-state index in [0.717, 1.165) is 0 Å². The van der Waals surface area contributed by atoms with E-state index in [1.54, 1.807) is 0 Å². The van der Waals surface area contributed by atoms with Crippen molar-refractivity contribution in [2.45, 2.75) is 9.79 Å². The molecule has 0 N–H and O–H groups in total. The van der Waals surface area contributed by atoms with Crippen LogP contribution in [0.25, 0.3) is 11.4 Å². The first-order valence-electron chi connectivity index (χ1n) is 13.5. The summed E-state index contributed by atoms with van der Waals surface area (Å²) in [6.07, 6.45) is 4.49. The first-order valence-corrected chi connectivity index (χ1v) is 14.3. The summed E-state index contributed by atoms with van der Waals surface area (Å²) in [6, 6.07) is 36.2. The third-order valence-corrected chi connectivity index (χ3v) is 10.5. The fourth-order valence-electron chi connectivity index (χ4n) is 8.01. The Kier molecular flexibility index (Phi) is 3.20. The normalized spacial score (nSPS) is 15.4. The number of anilines is 5. The molecule has 7 heterocycles. The number of hydrogen-bond acceptors (Lipinski definition) is 3. The highest BCUT2D eigenvalue weighted by molar-refractivity contribution is 8.00. The number of benzene rings is 4. The van der Waals surface area contributed by atoms with Crippen LogP contribution in [0.15, 0.2) is 119 Å². The van der Waals surface area contributed by atoms with Crippen LogP contribution >= 0.6 is 11.8 Å². The van der Waals surface area contributed by atoms with Crippen molar-refractivity contribution in [2.24, 2.45) is 0 Å². The van der Waals surface area contributed by atoms with Crippen molar-refractivity contribution in [1.29, 1.82) is 0 Å². The fourth-order valence-corrected chi connectivity index (χ4v) is 9.18. The first kappa shape index (κ1) is 19.6. The summed E-state index contributed by atoms with van der Waals surface area (Å²) >= 11 is 1.94. The SMILES string of the molecule is c1ccc(N2c3cccc4c3B3c5c(ccc6c5N5B(c7cccn7-6)c6cccn6-c6ccc2c3c65)S4)cc1. The molecule has 4 nitrogen and oxygen atoms in total. The van der Waals surface area contributed by atoms with Crippen LogP contribution in [0.1, 0.15) is 0 Å². The molecule has 11 rings (SSSR count). The monoisotopic (exact) mass is 512 g/mol. The molecule has 0 spiro atoms. The molecule has 2 aromatic heterocycles. The second-order valence-corrected chi connectivity index (χ2v) is 12.1. The first-order chi connectivity index (χ1) is 19.4. The van der Waals surface area contributed by atoms with E-state index in [0.29, 0.717) is 0 Å². The Morgan fingerprint density at radius 1 is 0.513 bits per heavy atom. The van der Waals surface area contributed by atoms with Crippen LogP contribution in [0.5, 0.6) is 0 Å². The summed E-state index contributed by atoms with van der Waals surface area (Å²) in [7, 11) is 0. The molecule has 178 valence electrons. The van der Waals surface area contributed by atoms with E-state index < -0.39 is 0 Å². The minimum Gasteiger partial charge on any atom is -0.372 e. The molecule has 0 saturated heterocycles. The fraction of sp³-hybridized carbons (Fsp3) is 0. The Bertz CT molecular complexity index is 2100. The lowest BCUT2D eigenvalue weighted by Gasteiger charge is -2.52. The van der Waals surface area contributed by atoms with Crippen molar-refractivity contribution in [3.8, 4) is 11.4 Å². The quantitative estimate of drug-likeness (QED) is 0.311. The molecule has 0 fully saturated rings. The van der Waals surface area contributed by atoms with E-state index in [2.05, 4.69) is 128 Å². The molecular formula is C32H18B2N4S. The highest BCUT2D eigenvalue weighted by Crippen LogP contribution is 2.50. The van der Waals surface area contributed by atoms with Gasteiger partial charge in [-0.2, -0.15) is 0 Å². The number of fused-ring (bicyclic) bond motifs is 6. The topological polar surface area (TPSA) is 16.3 Å². The van der Waals surface area contributed by atoms with E-state index >= 15 is 0 Å². The molecule has 4 aromatic carbocycles. The van der Waals surface area contributed by atoms with Gasteiger partial charge in [-0.25, -0.2) is 0 Å². The van der Waals surface area contributed by atoms with Crippen LogP contribution < -0.4 is 37.3 Å². The highest BCUT2D eigenvalue weighted by Gasteiger charge is 2.54. The molecule has 0 radical (unpaired) electrons. The number of aromatic nitrogens is 2. The third kappa shape index (κ3) is 2.05. The maximum Gasteiger partial charge on any atom is 0.363 e. The zero-order valence-electron chi connectivity index (χ0n) is 20.7. The van der Waals surface area contributed by atoms with Crippen molar-refractivity contribution in [3.05, 3.63) is 109 Å². The van der Waals surface area contributed by atoms with Gasteiger partial charge in [0.05, 0.1) is 22.7 Å². The second kappa shape index (κ2) is 6.38. The molecule has 0 saturated carbocycles. The lowest BCUT2D eigenvalue weighted by molar-refractivity contribution is 1.04. The minimum absolute atomic E-state index is 0.127. The zero-order valence-corrected chi connectivity index (χ0v) is 21.6. The van der Waals surface area contributed by atoms with E-state index in [-0.39, 0.29) is 13.6 Å². The summed E-state index contributed by atoms with van der Waals surface area (Å²) < 4.78 is 4.86. The van der Waals surface area contributed by atoms with Gasteiger partial charge in [0.15, 0.2) is 0 Å². The highest BCUT2D eigenvalue weighted by atomic mass is 32.2. The molecule has 39 heavy (non-hydrogen) atoms. The molecule has 0 aliphatic carbocycles. The van der Waals surface area contributed by atoms with Crippen LogP contribution in [0.2, 0.25) is 0 Å². The summed E-state index contributed by atoms with van der Waals surface area (Å²) in [5, 5.41) is 0. The third-order valence-electron chi connectivity index (χ3n) is 9.33. The van der Waals surface area contributed by atoms with Crippen LogP contribution in [0.4, 0.5) is 28.4 Å². The number of para-hydroxylation sites is 1. The molecule has 5 aliphatic heterocycles. The van der Waals surface area contributed by atoms with Crippen LogP contribution in [0, 0.1) is 0 Å². The Morgan fingerprint density at radius 2 is 1.18 bits per heavy atom. The standard InChI is InChI=1S/C32H18B2N4S/c1-2-7-19(8-3-1)37-20-9-4-10-24-28(20)33-29-21(37)13-14-22-31(29)38-32-23(15-16-25(39-24)30(32)33)36-18-6-12-27(36)34(38)26-11-5-17-35(22)26/h1-18H. The van der Waals surface area contributed by atoms with Gasteiger partial charge < -0.3 is 18.8 Å². The minimum atomic E-state index is 0.127. The van der Waals surface area contributed by atoms with Crippen LogP contribution in [0.3, 0.4) is 0 Å². The Morgan fingerprint density at radius 3 is 1.97 bits per heavy atom. The Labute approximate surface area is 230 Å². The summed E-state index contributed by atoms with van der Waals surface area (Å²) in [5.74, 6) is 0. The van der Waals surface area contributed by atoms with Crippen molar-refractivity contribution in [1.82, 2.24) is 9.13 Å². The van der Waals surface area contributed by atoms with Gasteiger partial charge in [-0.3, -0.25) is 0 Å². The predicted molar refractivity (Wildman–Crippen MR) is 162 cm³/mol. The van der Waals surface area contributed by atoms with Gasteiger partial charge >= 0.3 is 6.85 Å². The van der Waals surface area contributed by atoms with Crippen molar-refractivity contribution >= 4 is 81.3 Å². The molecule has 0 amide bonds. The van der Waals surface area contributed by atoms with Gasteiger partial charge in [0.2, 0.25) is 0 Å². The largest absolute Gasteiger partial charge is 0.372 e. The number of hydrogen-bond donors (Lipinski definition) is 0. The van der Waals surface area contributed by atoms with Gasteiger partial charge in [0, 0.05) is 50.4 Å². The van der Waals surface area contributed by atoms with E-state index in [1.807, 2.05) is 11.8 Å². The zero-order chi connectivity index (χ0) is 25.0. The van der Waals surface area contributed by atoms with Crippen molar-refractivity contribution in [2.75, 3.05) is 9.71 Å². The van der Waals surface area contributed by atoms with E-state index in [9.17, 15) is 0 Å². The number of nitrogens with zero attached hydrogens (tertiary/aromatic N) is 4. The lowest BCUT2D eigenvalue weighted by Crippen LogP contribution is -2.72. The summed E-state index contributed by atoms with van der Waals surface area (Å²) in [5.41, 5.74) is 16.1. The molecule has 0 atom stereocenters. The molecular weight excluding hydrogens is 494 g/mol. The maximum absolute atomic E-state index is 2.69. The van der Waals surface area contributed by atoms with Gasteiger partial charge in [-0.1, -0.05) is 36.0 Å². The van der Waals surface area contributed by atoms with Gasteiger partial charge in [-0.05, 0) is 89.2 Å². The van der Waals surface area contributed by atoms with Gasteiger partial charge in [0.25, 0.3) is 6.71 Å². The average molecular weight is 512 g/mol. The van der Waals surface area contributed by atoms with Crippen LogP contribution in [-0.2, 0) is 0 Å². The molecule has 0 unspecified atom stereocenters.